The van der Waals surface area contributed by atoms with Crippen LogP contribution in [0.3, 0.4) is 0 Å². The van der Waals surface area contributed by atoms with E-state index in [0.717, 1.165) is 0 Å². The summed E-state index contributed by atoms with van der Waals surface area (Å²) in [7, 11) is 0. The Balaban J connectivity index is 0.000000220. The summed E-state index contributed by atoms with van der Waals surface area (Å²) < 4.78 is 0. The average molecular weight is 757 g/mol. The molecule has 230 valence electrons. The fourth-order valence-electron chi connectivity index (χ4n) is 7.50. The Hall–Kier alpha value is -2.99. The van der Waals surface area contributed by atoms with Crippen molar-refractivity contribution < 1.29 is 49.9 Å². The van der Waals surface area contributed by atoms with Gasteiger partial charge in [0.1, 0.15) is 0 Å². The first kappa shape index (κ1) is 35.5. The van der Waals surface area contributed by atoms with Gasteiger partial charge in [-0.15, -0.1) is 0 Å². The summed E-state index contributed by atoms with van der Waals surface area (Å²) in [4.78, 5) is 0. The normalized spacial score (nSPS) is 22.0. The molecule has 0 aromatic heterocycles. The molecular weight excluding hydrogens is 718 g/mol. The summed E-state index contributed by atoms with van der Waals surface area (Å²) in [5.41, 5.74) is 11.8. The molecule has 4 aliphatic rings. The van der Waals surface area contributed by atoms with Gasteiger partial charge >= 0.3 is 0 Å². The van der Waals surface area contributed by atoms with Gasteiger partial charge in [0.25, 0.3) is 0 Å². The van der Waals surface area contributed by atoms with E-state index >= 15 is 0 Å². The van der Waals surface area contributed by atoms with E-state index in [1.807, 2.05) is 0 Å². The molecule has 2 nitrogen and oxygen atoms in total. The zero-order valence-electron chi connectivity index (χ0n) is 24.6. The van der Waals surface area contributed by atoms with E-state index in [-0.39, 0.29) is 49.9 Å². The van der Waals surface area contributed by atoms with Crippen LogP contribution in [0.25, 0.3) is 22.3 Å². The van der Waals surface area contributed by atoms with Gasteiger partial charge in [0, 0.05) is 39.0 Å². The Kier molecular flexibility index (Phi) is 13.2. The van der Waals surface area contributed by atoms with Gasteiger partial charge in [-0.05, 0) is 93.9 Å². The third-order valence-corrected chi connectivity index (χ3v) is 9.36. The van der Waals surface area contributed by atoms with Gasteiger partial charge in [0.15, 0.2) is 0 Å². The molecule has 0 unspecified atom stereocenters. The van der Waals surface area contributed by atoms with Crippen molar-refractivity contribution in [3.8, 4) is 0 Å². The molecule has 0 saturated heterocycles. The average Bonchev–Trinajstić information content (AvgIpc) is 3.82. The standard InChI is InChI=1S/2C20H18.2H2O.2Rh/c2*1-3-7-15(8-4-1)17-11-13-20-18(12-14-19(17)20)16-9-5-2-6-10-16;;;;/h2*1-12,19-20H,13-14H2;2*1H2;;/p-2/t2*19-,20-;;;;/m00..../s1. The molecule has 2 radical (unpaired) electrons. The molecule has 0 heterocycles. The summed E-state index contributed by atoms with van der Waals surface area (Å²) in [5, 5.41) is 0. The quantitative estimate of drug-likeness (QED) is 0.195. The Labute approximate surface area is 287 Å². The molecule has 0 bridgehead atoms. The van der Waals surface area contributed by atoms with Crippen molar-refractivity contribution in [2.24, 2.45) is 23.7 Å². The van der Waals surface area contributed by atoms with Gasteiger partial charge in [-0.3, -0.25) is 0 Å². The first-order chi connectivity index (χ1) is 19.9. The number of benzene rings is 4. The van der Waals surface area contributed by atoms with Gasteiger partial charge in [-0.25, -0.2) is 0 Å². The molecule has 44 heavy (non-hydrogen) atoms. The van der Waals surface area contributed by atoms with Crippen molar-refractivity contribution in [3.63, 3.8) is 0 Å². The molecular formula is C40H38O2Rh2-2. The van der Waals surface area contributed by atoms with E-state index in [2.05, 4.69) is 146 Å². The number of hydrogen-bond donors (Lipinski definition) is 0. The van der Waals surface area contributed by atoms with E-state index in [1.165, 1.54) is 47.9 Å². The Morgan fingerprint density at radius 2 is 0.477 bits per heavy atom. The van der Waals surface area contributed by atoms with Crippen LogP contribution in [0.1, 0.15) is 47.9 Å². The van der Waals surface area contributed by atoms with Crippen LogP contribution in [-0.4, -0.2) is 11.0 Å². The van der Waals surface area contributed by atoms with E-state index in [9.17, 15) is 0 Å². The molecule has 4 aromatic carbocycles. The molecule has 4 aliphatic carbocycles. The van der Waals surface area contributed by atoms with E-state index in [1.54, 1.807) is 22.3 Å². The molecule has 0 fully saturated rings. The van der Waals surface area contributed by atoms with Crippen LogP contribution in [0.5, 0.6) is 0 Å². The molecule has 0 aliphatic heterocycles. The minimum Gasteiger partial charge on any atom is -0.870 e. The predicted octanol–water partition coefficient (Wildman–Crippen LogP) is 10.0. The number of fused-ring (bicyclic) bond motifs is 2. The predicted molar refractivity (Wildman–Crippen MR) is 174 cm³/mol. The smallest absolute Gasteiger partial charge is 0 e. The fraction of sp³-hybridized carbons (Fsp3) is 0.200. The zero-order chi connectivity index (χ0) is 26.7. The SMILES string of the molecule is C1=C(c2ccccc2)[C@@H]2CC=C(c3ccccc3)[C@@H]2C1.C1=C(c2ccccc2)[C@@H]2CC=C(c3ccccc3)[C@@H]2C1.[OH-].[OH-].[Rh].[Rh]. The monoisotopic (exact) mass is 756 g/mol. The van der Waals surface area contributed by atoms with Crippen molar-refractivity contribution in [3.05, 3.63) is 168 Å². The van der Waals surface area contributed by atoms with Crippen LogP contribution >= 0.6 is 0 Å². The minimum atomic E-state index is 0. The van der Waals surface area contributed by atoms with Crippen molar-refractivity contribution in [1.82, 2.24) is 0 Å². The second-order valence-electron chi connectivity index (χ2n) is 11.5. The number of rotatable bonds is 4. The maximum atomic E-state index is 2.46. The second kappa shape index (κ2) is 16.4. The molecule has 4 aromatic rings. The minimum absolute atomic E-state index is 0. The molecule has 0 spiro atoms. The van der Waals surface area contributed by atoms with E-state index in [0.29, 0.717) is 23.7 Å². The van der Waals surface area contributed by atoms with Gasteiger partial charge in [-0.1, -0.05) is 146 Å². The molecule has 4 heteroatoms. The van der Waals surface area contributed by atoms with Gasteiger partial charge in [0.2, 0.25) is 0 Å². The largest absolute Gasteiger partial charge is 0.870 e. The molecule has 0 amide bonds. The van der Waals surface area contributed by atoms with Crippen molar-refractivity contribution in [2.45, 2.75) is 25.7 Å². The third kappa shape index (κ3) is 7.11. The molecule has 2 N–H and O–H groups in total. The molecule has 4 atom stereocenters. The van der Waals surface area contributed by atoms with Crippen LogP contribution in [-0.2, 0) is 39.0 Å². The second-order valence-corrected chi connectivity index (χ2v) is 11.5. The summed E-state index contributed by atoms with van der Waals surface area (Å²) in [6.07, 6.45) is 14.6. The van der Waals surface area contributed by atoms with Crippen LogP contribution in [0.15, 0.2) is 146 Å². The topological polar surface area (TPSA) is 60.0 Å². The Morgan fingerprint density at radius 3 is 0.659 bits per heavy atom. The summed E-state index contributed by atoms with van der Waals surface area (Å²) in [6, 6.07) is 43.5. The molecule has 8 rings (SSSR count). The number of allylic oxidation sites excluding steroid dienone is 8. The molecule has 0 saturated carbocycles. The van der Waals surface area contributed by atoms with E-state index in [4.69, 9.17) is 0 Å². The first-order valence-corrected chi connectivity index (χ1v) is 14.9. The Morgan fingerprint density at radius 1 is 0.295 bits per heavy atom. The first-order valence-electron chi connectivity index (χ1n) is 14.9. The van der Waals surface area contributed by atoms with Crippen LogP contribution < -0.4 is 0 Å². The van der Waals surface area contributed by atoms with E-state index < -0.39 is 0 Å². The fourth-order valence-corrected chi connectivity index (χ4v) is 7.50. The van der Waals surface area contributed by atoms with Gasteiger partial charge in [-0.2, -0.15) is 0 Å². The summed E-state index contributed by atoms with van der Waals surface area (Å²) in [5.74, 6) is 2.75. The number of hydrogen-bond acceptors (Lipinski definition) is 2. The summed E-state index contributed by atoms with van der Waals surface area (Å²) in [6.45, 7) is 0. The van der Waals surface area contributed by atoms with Crippen molar-refractivity contribution >= 4 is 22.3 Å². The van der Waals surface area contributed by atoms with Crippen LogP contribution in [0, 0.1) is 23.7 Å². The van der Waals surface area contributed by atoms with Gasteiger partial charge in [0.05, 0.1) is 0 Å². The van der Waals surface area contributed by atoms with Crippen molar-refractivity contribution in [2.75, 3.05) is 0 Å². The third-order valence-electron chi connectivity index (χ3n) is 9.36. The maximum Gasteiger partial charge on any atom is 0 e. The van der Waals surface area contributed by atoms with Crippen LogP contribution in [0.4, 0.5) is 0 Å². The van der Waals surface area contributed by atoms with Crippen molar-refractivity contribution in [1.29, 1.82) is 0 Å². The van der Waals surface area contributed by atoms with Gasteiger partial charge < -0.3 is 11.0 Å². The zero-order valence-corrected chi connectivity index (χ0v) is 27.8. The Bertz CT molecular complexity index is 1350. The summed E-state index contributed by atoms with van der Waals surface area (Å²) >= 11 is 0. The maximum absolute atomic E-state index is 2.46. The van der Waals surface area contributed by atoms with Crippen LogP contribution in [0.2, 0.25) is 0 Å².